The van der Waals surface area contributed by atoms with E-state index in [1.165, 1.54) is 10.9 Å². The maximum atomic E-state index is 12.8. The fourth-order valence-corrected chi connectivity index (χ4v) is 4.14. The van der Waals surface area contributed by atoms with E-state index < -0.39 is 6.09 Å². The zero-order valence-electron chi connectivity index (χ0n) is 18.5. The number of hydrogen-bond acceptors (Lipinski definition) is 8. The molecule has 2 aromatic rings. The number of anilines is 1. The van der Waals surface area contributed by atoms with Crippen LogP contribution in [0.4, 0.5) is 10.6 Å². The molecule has 1 N–H and O–H groups in total. The van der Waals surface area contributed by atoms with Crippen molar-refractivity contribution in [3.05, 3.63) is 55.0 Å². The lowest BCUT2D eigenvalue weighted by molar-refractivity contribution is -0.131. The molecule has 0 aliphatic carbocycles. The molecule has 2 atom stereocenters. The molecule has 1 amide bonds. The van der Waals surface area contributed by atoms with Crippen LogP contribution in [0, 0.1) is 17.2 Å². The predicted molar refractivity (Wildman–Crippen MR) is 122 cm³/mol. The fourth-order valence-electron chi connectivity index (χ4n) is 4.14. The van der Waals surface area contributed by atoms with E-state index in [0.29, 0.717) is 41.6 Å². The molecule has 2 aliphatic heterocycles. The number of ether oxygens (including phenoxy) is 1. The number of aromatic nitrogens is 3. The van der Waals surface area contributed by atoms with E-state index >= 15 is 0 Å². The van der Waals surface area contributed by atoms with Gasteiger partial charge in [-0.15, -0.1) is 0 Å². The van der Waals surface area contributed by atoms with Crippen LogP contribution in [0.15, 0.2) is 55.0 Å². The van der Waals surface area contributed by atoms with E-state index in [4.69, 9.17) is 10.00 Å². The molecular formula is C23H25N7O3. The molecule has 10 heteroatoms. The highest BCUT2D eigenvalue weighted by Crippen LogP contribution is 2.30. The van der Waals surface area contributed by atoms with Crippen LogP contribution in [0.1, 0.15) is 19.8 Å². The molecule has 170 valence electrons. The van der Waals surface area contributed by atoms with Crippen LogP contribution in [0.5, 0.6) is 0 Å². The highest BCUT2D eigenvalue weighted by Gasteiger charge is 2.33. The van der Waals surface area contributed by atoms with Gasteiger partial charge in [0.15, 0.2) is 5.65 Å². The Kier molecular flexibility index (Phi) is 6.40. The molecular weight excluding hydrogens is 422 g/mol. The lowest BCUT2D eigenvalue weighted by Gasteiger charge is -2.42. The van der Waals surface area contributed by atoms with Gasteiger partial charge in [0.25, 0.3) is 0 Å². The summed E-state index contributed by atoms with van der Waals surface area (Å²) in [6.45, 7) is 3.29. The van der Waals surface area contributed by atoms with Gasteiger partial charge in [-0.1, -0.05) is 6.92 Å². The first-order valence-corrected chi connectivity index (χ1v) is 10.7. The van der Waals surface area contributed by atoms with Crippen molar-refractivity contribution in [3.63, 3.8) is 0 Å². The maximum absolute atomic E-state index is 12.8. The van der Waals surface area contributed by atoms with Crippen LogP contribution in [0.25, 0.3) is 11.0 Å². The number of nitrogens with zero attached hydrogens (tertiary/aromatic N) is 6. The number of likely N-dealkylation sites (tertiary alicyclic amines) is 1. The molecule has 0 radical (unpaired) electrons. The number of rotatable bonds is 4. The number of amides is 1. The van der Waals surface area contributed by atoms with Crippen LogP contribution >= 0.6 is 0 Å². The number of hydrogen-bond donors (Lipinski definition) is 1. The molecule has 1 fully saturated rings. The third-order valence-electron chi connectivity index (χ3n) is 5.99. The van der Waals surface area contributed by atoms with Crippen LogP contribution in [-0.2, 0) is 9.53 Å². The molecule has 4 heterocycles. The number of carbonyl (C=O) groups is 2. The maximum Gasteiger partial charge on any atom is 0.425 e. The number of likely N-dealkylation sites (N-methyl/N-ethyl adjacent to an activating group) is 1. The lowest BCUT2D eigenvalue weighted by Crippen LogP contribution is -2.52. The van der Waals surface area contributed by atoms with Gasteiger partial charge in [-0.2, -0.15) is 5.26 Å². The zero-order chi connectivity index (χ0) is 23.4. The zero-order valence-corrected chi connectivity index (χ0v) is 18.5. The van der Waals surface area contributed by atoms with Crippen molar-refractivity contribution in [2.75, 3.05) is 25.0 Å². The van der Waals surface area contributed by atoms with Crippen molar-refractivity contribution in [3.8, 4) is 6.07 Å². The van der Waals surface area contributed by atoms with Crippen molar-refractivity contribution in [1.29, 1.82) is 5.26 Å². The molecule has 2 aromatic heterocycles. The SMILES string of the molecule is C[C@@H]1CCN(C(=O)CC#N)C[C@@H]1N(C)c1ncnc2c1ccn2C(=O)OC1=CC=CNC=C1. The summed E-state index contributed by atoms with van der Waals surface area (Å²) in [5.41, 5.74) is 0.435. The molecule has 2 aliphatic rings. The quantitative estimate of drug-likeness (QED) is 0.760. The van der Waals surface area contributed by atoms with Gasteiger partial charge in [0.2, 0.25) is 5.91 Å². The van der Waals surface area contributed by atoms with Gasteiger partial charge in [-0.3, -0.25) is 4.79 Å². The third kappa shape index (κ3) is 4.57. The fraction of sp³-hybridized carbons (Fsp3) is 0.348. The first kappa shape index (κ1) is 22.1. The Bertz CT molecular complexity index is 1190. The Labute approximate surface area is 191 Å². The second-order valence-electron chi connectivity index (χ2n) is 8.04. The van der Waals surface area contributed by atoms with Gasteiger partial charge in [0.1, 0.15) is 24.3 Å². The number of carbonyl (C=O) groups excluding carboxylic acids is 2. The molecule has 4 rings (SSSR count). The van der Waals surface area contributed by atoms with E-state index in [-0.39, 0.29) is 18.4 Å². The highest BCUT2D eigenvalue weighted by atomic mass is 16.6. The topological polar surface area (TPSA) is 116 Å². The van der Waals surface area contributed by atoms with Crippen LogP contribution in [-0.4, -0.2) is 57.6 Å². The summed E-state index contributed by atoms with van der Waals surface area (Å²) in [5.74, 6) is 1.22. The van der Waals surface area contributed by atoms with E-state index in [1.807, 2.05) is 18.0 Å². The summed E-state index contributed by atoms with van der Waals surface area (Å²) in [4.78, 5) is 37.6. The number of nitriles is 1. The van der Waals surface area contributed by atoms with Crippen LogP contribution in [0.2, 0.25) is 0 Å². The van der Waals surface area contributed by atoms with E-state index in [1.54, 1.807) is 47.8 Å². The van der Waals surface area contributed by atoms with Gasteiger partial charge in [0, 0.05) is 38.7 Å². The highest BCUT2D eigenvalue weighted by molar-refractivity contribution is 5.93. The van der Waals surface area contributed by atoms with Gasteiger partial charge in [-0.05, 0) is 36.6 Å². The molecule has 0 saturated carbocycles. The average Bonchev–Trinajstić information content (AvgIpc) is 3.09. The van der Waals surface area contributed by atoms with Gasteiger partial charge in [0.05, 0.1) is 17.5 Å². The second-order valence-corrected chi connectivity index (χ2v) is 8.04. The van der Waals surface area contributed by atoms with Crippen molar-refractivity contribution < 1.29 is 14.3 Å². The number of allylic oxidation sites excluding steroid dienone is 3. The molecule has 0 unspecified atom stereocenters. The summed E-state index contributed by atoms with van der Waals surface area (Å²) >= 11 is 0. The van der Waals surface area contributed by atoms with E-state index in [2.05, 4.69) is 22.2 Å². The van der Waals surface area contributed by atoms with E-state index in [9.17, 15) is 9.59 Å². The summed E-state index contributed by atoms with van der Waals surface area (Å²) < 4.78 is 6.83. The Morgan fingerprint density at radius 1 is 1.36 bits per heavy atom. The first-order chi connectivity index (χ1) is 16.0. The molecule has 10 nitrogen and oxygen atoms in total. The lowest BCUT2D eigenvalue weighted by atomic mass is 9.92. The second kappa shape index (κ2) is 9.56. The minimum absolute atomic E-state index is 0.00960. The smallest absolute Gasteiger partial charge is 0.410 e. The van der Waals surface area contributed by atoms with Crippen molar-refractivity contribution in [1.82, 2.24) is 24.8 Å². The molecule has 0 aromatic carbocycles. The van der Waals surface area contributed by atoms with Crippen molar-refractivity contribution >= 4 is 28.9 Å². The van der Waals surface area contributed by atoms with Gasteiger partial charge in [-0.25, -0.2) is 19.3 Å². The summed E-state index contributed by atoms with van der Waals surface area (Å²) in [7, 11) is 1.93. The van der Waals surface area contributed by atoms with Gasteiger partial charge < -0.3 is 19.9 Å². The van der Waals surface area contributed by atoms with Crippen molar-refractivity contribution in [2.24, 2.45) is 5.92 Å². The molecule has 0 spiro atoms. The Hall–Kier alpha value is -4.13. The van der Waals surface area contributed by atoms with Gasteiger partial charge >= 0.3 is 6.09 Å². The third-order valence-corrected chi connectivity index (χ3v) is 5.99. The predicted octanol–water partition coefficient (Wildman–Crippen LogP) is 2.52. The number of piperidine rings is 1. The standard InChI is InChI=1S/C23H25N7O3/c1-16-7-12-29(20(31)5-9-24)14-19(16)28(2)21-18-8-13-30(22(18)27-15-26-21)23(32)33-17-4-3-10-25-11-6-17/h3-4,6,8,10-11,13,15-16,19,25H,5,7,12,14H2,1-2H3/t16-,19+/m1/s1. The summed E-state index contributed by atoms with van der Waals surface area (Å²) in [6.07, 6.45) is 11.6. The number of nitrogens with one attached hydrogen (secondary N) is 1. The summed E-state index contributed by atoms with van der Waals surface area (Å²) in [5, 5.41) is 12.5. The normalized spacial score (nSPS) is 19.9. The monoisotopic (exact) mass is 447 g/mol. The van der Waals surface area contributed by atoms with Crippen LogP contribution in [0.3, 0.4) is 0 Å². The minimum atomic E-state index is -0.581. The minimum Gasteiger partial charge on any atom is -0.410 e. The molecule has 0 bridgehead atoms. The molecule has 33 heavy (non-hydrogen) atoms. The largest absolute Gasteiger partial charge is 0.425 e. The van der Waals surface area contributed by atoms with Crippen LogP contribution < -0.4 is 10.2 Å². The Morgan fingerprint density at radius 3 is 3.03 bits per heavy atom. The van der Waals surface area contributed by atoms with Crippen molar-refractivity contribution in [2.45, 2.75) is 25.8 Å². The summed E-state index contributed by atoms with van der Waals surface area (Å²) in [6, 6.07) is 3.73. The number of fused-ring (bicyclic) bond motifs is 1. The van der Waals surface area contributed by atoms with E-state index in [0.717, 1.165) is 6.42 Å². The first-order valence-electron chi connectivity index (χ1n) is 10.7. The Balaban J connectivity index is 1.58. The Morgan fingerprint density at radius 2 is 2.21 bits per heavy atom. The average molecular weight is 447 g/mol. The molecule has 1 saturated heterocycles.